The van der Waals surface area contributed by atoms with E-state index in [9.17, 15) is 19.0 Å². The summed E-state index contributed by atoms with van der Waals surface area (Å²) in [6, 6.07) is 0. The Labute approximate surface area is 436 Å². The molecule has 71 heavy (non-hydrogen) atoms. The molecule has 0 rings (SSSR count). The van der Waals surface area contributed by atoms with Crippen LogP contribution in [0.25, 0.3) is 0 Å². The molecule has 2 unspecified atom stereocenters. The minimum atomic E-state index is -4.39. The van der Waals surface area contributed by atoms with Crippen LogP contribution in [0.15, 0.2) is 97.2 Å². The summed E-state index contributed by atoms with van der Waals surface area (Å²) in [5.41, 5.74) is 5.38. The molecule has 0 amide bonds. The summed E-state index contributed by atoms with van der Waals surface area (Å²) in [5, 5.41) is 0. The molecule has 0 bridgehead atoms. The molecule has 0 aliphatic carbocycles. The molecule has 0 radical (unpaired) electrons. The zero-order valence-electron chi connectivity index (χ0n) is 45.4. The second-order valence-corrected chi connectivity index (χ2v) is 20.2. The number of esters is 2. The highest BCUT2D eigenvalue weighted by atomic mass is 31.2. The number of phosphoric ester groups is 1. The minimum absolute atomic E-state index is 0.0487. The SMILES string of the molecule is CC/C=C\C/C=C\C/C=C\C/C=C\CCCCCCCCCCCCCCCCCCC(=O)OC(COC(=O)CCCCCCCCCC/C=C\C/C=C\C/C=C\C/C=C\CC)COP(=O)(O)OCCN. The molecule has 0 saturated carbocycles. The van der Waals surface area contributed by atoms with Crippen LogP contribution < -0.4 is 5.73 Å². The molecule has 0 aromatic heterocycles. The number of unbranched alkanes of at least 4 members (excludes halogenated alkanes) is 24. The van der Waals surface area contributed by atoms with Crippen LogP contribution in [0.1, 0.15) is 245 Å². The van der Waals surface area contributed by atoms with Crippen LogP contribution in [0.2, 0.25) is 0 Å². The summed E-state index contributed by atoms with van der Waals surface area (Å²) >= 11 is 0. The van der Waals surface area contributed by atoms with Gasteiger partial charge >= 0.3 is 19.8 Å². The molecule has 10 heteroatoms. The van der Waals surface area contributed by atoms with Gasteiger partial charge in [-0.25, -0.2) is 4.57 Å². The summed E-state index contributed by atoms with van der Waals surface area (Å²) in [6.07, 6.45) is 74.6. The molecule has 0 aromatic carbocycles. The third-order valence-electron chi connectivity index (χ3n) is 12.0. The van der Waals surface area contributed by atoms with Crippen LogP contribution in [0.3, 0.4) is 0 Å². The fourth-order valence-electron chi connectivity index (χ4n) is 7.80. The highest BCUT2D eigenvalue weighted by Crippen LogP contribution is 2.43. The van der Waals surface area contributed by atoms with E-state index in [0.717, 1.165) is 103 Å². The standard InChI is InChI=1S/C61H106NO8P/c1-3-5-7-9-11-13-15-17-19-21-23-25-26-27-28-29-30-31-32-34-36-38-40-42-44-46-48-50-52-54-61(64)70-59(58-69-71(65,66)68-56-55-62)57-67-60(63)53-51-49-47-45-43-41-39-37-35-33-24-22-20-18-16-14-12-10-8-6-4-2/h5-8,11-14,17-20,23-25,33,59H,3-4,9-10,15-16,21-22,26-32,34-58,62H2,1-2H3,(H,65,66)/b7-5-,8-6-,13-11-,14-12-,19-17-,20-18-,25-23-,33-24-. The second-order valence-electron chi connectivity index (χ2n) is 18.7. The van der Waals surface area contributed by atoms with Gasteiger partial charge in [0.25, 0.3) is 0 Å². The molecule has 3 N–H and O–H groups in total. The average Bonchev–Trinajstić information content (AvgIpc) is 3.36. The van der Waals surface area contributed by atoms with Gasteiger partial charge < -0.3 is 20.1 Å². The van der Waals surface area contributed by atoms with Gasteiger partial charge in [-0.2, -0.15) is 0 Å². The third-order valence-corrected chi connectivity index (χ3v) is 12.9. The number of carbonyl (C=O) groups excluding carboxylic acids is 2. The van der Waals surface area contributed by atoms with E-state index >= 15 is 0 Å². The zero-order chi connectivity index (χ0) is 51.7. The lowest BCUT2D eigenvalue weighted by Crippen LogP contribution is -2.29. The van der Waals surface area contributed by atoms with Crippen molar-refractivity contribution in [2.24, 2.45) is 5.73 Å². The number of rotatable bonds is 53. The van der Waals surface area contributed by atoms with E-state index in [0.29, 0.717) is 6.42 Å². The van der Waals surface area contributed by atoms with Crippen molar-refractivity contribution in [3.8, 4) is 0 Å². The Balaban J connectivity index is 3.97. The number of hydrogen-bond donors (Lipinski definition) is 2. The van der Waals surface area contributed by atoms with E-state index in [1.54, 1.807) is 0 Å². The van der Waals surface area contributed by atoms with Crippen molar-refractivity contribution >= 4 is 19.8 Å². The first-order valence-corrected chi connectivity index (χ1v) is 30.2. The fourth-order valence-corrected chi connectivity index (χ4v) is 8.56. The molecular weight excluding hydrogens is 906 g/mol. The van der Waals surface area contributed by atoms with Gasteiger partial charge in [0.2, 0.25) is 0 Å². The number of phosphoric acid groups is 1. The Morgan fingerprint density at radius 1 is 0.423 bits per heavy atom. The average molecular weight is 1010 g/mol. The number of ether oxygens (including phenoxy) is 2. The largest absolute Gasteiger partial charge is 0.472 e. The summed E-state index contributed by atoms with van der Waals surface area (Å²) in [7, 11) is -4.39. The van der Waals surface area contributed by atoms with Crippen LogP contribution in [0.5, 0.6) is 0 Å². The van der Waals surface area contributed by atoms with Crippen molar-refractivity contribution in [2.45, 2.75) is 251 Å². The van der Waals surface area contributed by atoms with E-state index < -0.39 is 26.5 Å². The Morgan fingerprint density at radius 2 is 0.732 bits per heavy atom. The Kier molecular flexibility index (Phi) is 53.8. The predicted octanol–water partition coefficient (Wildman–Crippen LogP) is 18.1. The lowest BCUT2D eigenvalue weighted by Gasteiger charge is -2.19. The van der Waals surface area contributed by atoms with Crippen LogP contribution in [-0.4, -0.2) is 49.3 Å². The predicted molar refractivity (Wildman–Crippen MR) is 302 cm³/mol. The maximum absolute atomic E-state index is 12.7. The van der Waals surface area contributed by atoms with Crippen molar-refractivity contribution in [1.82, 2.24) is 0 Å². The summed E-state index contributed by atoms with van der Waals surface area (Å²) in [4.78, 5) is 35.2. The van der Waals surface area contributed by atoms with Crippen molar-refractivity contribution < 1.29 is 37.6 Å². The monoisotopic (exact) mass is 1010 g/mol. The van der Waals surface area contributed by atoms with Crippen LogP contribution in [0, 0.1) is 0 Å². The minimum Gasteiger partial charge on any atom is -0.462 e. The van der Waals surface area contributed by atoms with Crippen LogP contribution in [-0.2, 0) is 32.7 Å². The number of nitrogens with two attached hydrogens (primary N) is 1. The molecule has 0 aliphatic rings. The summed E-state index contributed by atoms with van der Waals surface area (Å²) in [5.74, 6) is -0.836. The molecule has 0 spiro atoms. The van der Waals surface area contributed by atoms with Gasteiger partial charge in [0, 0.05) is 19.4 Å². The number of allylic oxidation sites excluding steroid dienone is 16. The maximum Gasteiger partial charge on any atom is 0.472 e. The normalized spacial score (nSPS) is 13.8. The van der Waals surface area contributed by atoms with Crippen molar-refractivity contribution in [3.05, 3.63) is 97.2 Å². The first kappa shape index (κ1) is 67.9. The molecule has 0 aliphatic heterocycles. The van der Waals surface area contributed by atoms with Gasteiger partial charge in [0.1, 0.15) is 6.61 Å². The number of hydrogen-bond acceptors (Lipinski definition) is 8. The van der Waals surface area contributed by atoms with Gasteiger partial charge in [-0.05, 0) is 89.9 Å². The van der Waals surface area contributed by atoms with E-state index in [-0.39, 0.29) is 38.6 Å². The number of carbonyl (C=O) groups is 2. The summed E-state index contributed by atoms with van der Waals surface area (Å²) < 4.78 is 33.0. The molecule has 0 fully saturated rings. The van der Waals surface area contributed by atoms with E-state index in [2.05, 4.69) is 111 Å². The Hall–Kier alpha value is -3.07. The van der Waals surface area contributed by atoms with Gasteiger partial charge in [-0.3, -0.25) is 18.6 Å². The second kappa shape index (κ2) is 56.2. The molecule has 2 atom stereocenters. The smallest absolute Gasteiger partial charge is 0.462 e. The molecule has 0 aromatic rings. The third kappa shape index (κ3) is 56.1. The van der Waals surface area contributed by atoms with E-state index in [1.165, 1.54) is 109 Å². The molecular formula is C61H106NO8P. The topological polar surface area (TPSA) is 134 Å². The molecule has 0 saturated heterocycles. The highest BCUT2D eigenvalue weighted by Gasteiger charge is 2.26. The van der Waals surface area contributed by atoms with Gasteiger partial charge in [0.05, 0.1) is 13.2 Å². The van der Waals surface area contributed by atoms with Crippen molar-refractivity contribution in [3.63, 3.8) is 0 Å². The Bertz CT molecular complexity index is 1480. The Morgan fingerprint density at radius 3 is 1.08 bits per heavy atom. The summed E-state index contributed by atoms with van der Waals surface area (Å²) in [6.45, 7) is 3.52. The van der Waals surface area contributed by atoms with Crippen LogP contribution in [0.4, 0.5) is 0 Å². The zero-order valence-corrected chi connectivity index (χ0v) is 46.3. The van der Waals surface area contributed by atoms with Crippen molar-refractivity contribution in [2.75, 3.05) is 26.4 Å². The van der Waals surface area contributed by atoms with Gasteiger partial charge in [-0.1, -0.05) is 239 Å². The highest BCUT2D eigenvalue weighted by molar-refractivity contribution is 7.47. The maximum atomic E-state index is 12.7. The molecule has 408 valence electrons. The lowest BCUT2D eigenvalue weighted by molar-refractivity contribution is -0.161. The lowest BCUT2D eigenvalue weighted by atomic mass is 10.0. The van der Waals surface area contributed by atoms with E-state index in [1.807, 2.05) is 0 Å². The first-order chi connectivity index (χ1) is 34.8. The molecule has 9 nitrogen and oxygen atoms in total. The van der Waals surface area contributed by atoms with E-state index in [4.69, 9.17) is 24.3 Å². The fraction of sp³-hybridized carbons (Fsp3) is 0.705. The first-order valence-electron chi connectivity index (χ1n) is 28.7. The van der Waals surface area contributed by atoms with Crippen LogP contribution >= 0.6 is 7.82 Å². The quantitative estimate of drug-likeness (QED) is 0.0264. The van der Waals surface area contributed by atoms with Crippen molar-refractivity contribution in [1.29, 1.82) is 0 Å². The van der Waals surface area contributed by atoms with Gasteiger partial charge in [0.15, 0.2) is 6.10 Å². The van der Waals surface area contributed by atoms with Gasteiger partial charge in [-0.15, -0.1) is 0 Å². The molecule has 0 heterocycles.